The lowest BCUT2D eigenvalue weighted by molar-refractivity contribution is -0.0964. The van der Waals surface area contributed by atoms with E-state index in [1.165, 1.54) is 12.1 Å². The molecule has 1 aromatic carbocycles. The van der Waals surface area contributed by atoms with E-state index < -0.39 is 12.7 Å². The minimum absolute atomic E-state index is 0.0137. The van der Waals surface area contributed by atoms with Gasteiger partial charge in [0, 0.05) is 30.2 Å². The summed E-state index contributed by atoms with van der Waals surface area (Å²) in [7, 11) is -0.474. The molecule has 1 fully saturated rings. The van der Waals surface area contributed by atoms with Gasteiger partial charge >= 0.3 is 12.7 Å². The summed E-state index contributed by atoms with van der Waals surface area (Å²) in [6, 6.07) is 6.03. The lowest BCUT2D eigenvalue weighted by Crippen LogP contribution is -2.47. The predicted octanol–water partition coefficient (Wildman–Crippen LogP) is 2.62. The third-order valence-corrected chi connectivity index (χ3v) is 2.71. The van der Waals surface area contributed by atoms with Crippen molar-refractivity contribution < 1.29 is 22.8 Å². The molecule has 1 aliphatic heterocycles. The lowest BCUT2D eigenvalue weighted by Gasteiger charge is -2.33. The van der Waals surface area contributed by atoms with E-state index in [-0.39, 0.29) is 11.2 Å². The number of benzene rings is 1. The molecule has 0 bridgehead atoms. The van der Waals surface area contributed by atoms with Crippen molar-refractivity contribution in [3.05, 3.63) is 24.3 Å². The van der Waals surface area contributed by atoms with Gasteiger partial charge in [0.05, 0.1) is 0 Å². The average Bonchev–Trinajstić information content (AvgIpc) is 2.28. The summed E-state index contributed by atoms with van der Waals surface area (Å²) in [4.78, 5) is 0. The van der Waals surface area contributed by atoms with Gasteiger partial charge < -0.3 is 14.0 Å². The topological polar surface area (TPSA) is 27.7 Å². The molecule has 0 spiro atoms. The Morgan fingerprint density at radius 1 is 1.21 bits per heavy atom. The molecule has 0 N–H and O–H groups in total. The molecular weight excluding hydrogens is 276 g/mol. The van der Waals surface area contributed by atoms with Crippen molar-refractivity contribution in [1.29, 1.82) is 0 Å². The van der Waals surface area contributed by atoms with E-state index in [0.717, 1.165) is 5.46 Å². The summed E-state index contributed by atoms with van der Waals surface area (Å²) in [6.07, 6.45) is 0. The normalized spacial score (nSPS) is 19.3. The number of hydrogen-bond acceptors (Lipinski definition) is 3. The average molecular weight is 291 g/mol. The van der Waals surface area contributed by atoms with Crippen LogP contribution in [0.1, 0.15) is 13.8 Å². The van der Waals surface area contributed by atoms with E-state index in [1.807, 2.05) is 13.8 Å². The van der Waals surface area contributed by atoms with E-state index in [1.54, 1.807) is 12.1 Å². The van der Waals surface area contributed by atoms with Gasteiger partial charge in [0.15, 0.2) is 0 Å². The maximum absolute atomic E-state index is 12.4. The summed E-state index contributed by atoms with van der Waals surface area (Å²) in [5.41, 5.74) is -2.97. The Morgan fingerprint density at radius 2 is 1.74 bits per heavy atom. The van der Waals surface area contributed by atoms with Gasteiger partial charge in [-0.2, -0.15) is 0 Å². The van der Waals surface area contributed by atoms with Crippen LogP contribution < -0.4 is 10.2 Å². The number of rotatable bonds is 3. The zero-order valence-electron chi connectivity index (χ0n) is 10.7. The minimum atomic E-state index is -3.70. The molecule has 0 radical (unpaired) electrons. The van der Waals surface area contributed by atoms with Crippen LogP contribution in [0.3, 0.4) is 0 Å². The van der Waals surface area contributed by atoms with Gasteiger partial charge in [0.2, 0.25) is 0 Å². The maximum atomic E-state index is 12.4. The van der Waals surface area contributed by atoms with Gasteiger partial charge in [-0.25, -0.2) is 0 Å². The standard InChI is InChI=1S/C12H14BClF2O3/c1-11(2)7-17-13(18-8-11)9-3-5-10(6-4-9)19-12(14,15)16/h3-6H,7-8H2,1-2H3. The summed E-state index contributed by atoms with van der Waals surface area (Å²) >= 11 is 4.68. The highest BCUT2D eigenvalue weighted by Crippen LogP contribution is 2.25. The second-order valence-electron chi connectivity index (χ2n) is 5.23. The van der Waals surface area contributed by atoms with E-state index >= 15 is 0 Å². The van der Waals surface area contributed by atoms with Crippen molar-refractivity contribution in [1.82, 2.24) is 0 Å². The minimum Gasteiger partial charge on any atom is -0.420 e. The highest BCUT2D eigenvalue weighted by Gasteiger charge is 2.33. The molecule has 1 heterocycles. The Kier molecular flexibility index (Phi) is 4.04. The van der Waals surface area contributed by atoms with Gasteiger partial charge in [-0.15, -0.1) is 8.78 Å². The first kappa shape index (κ1) is 14.6. The second kappa shape index (κ2) is 5.27. The highest BCUT2D eigenvalue weighted by atomic mass is 35.5. The fourth-order valence-corrected chi connectivity index (χ4v) is 1.80. The summed E-state index contributed by atoms with van der Waals surface area (Å²) in [6.45, 7) is 5.25. The van der Waals surface area contributed by atoms with Gasteiger partial charge in [0.1, 0.15) is 5.75 Å². The van der Waals surface area contributed by atoms with Crippen molar-refractivity contribution >= 4 is 24.2 Å². The van der Waals surface area contributed by atoms with Crippen LogP contribution in [0, 0.1) is 5.41 Å². The van der Waals surface area contributed by atoms with E-state index in [2.05, 4.69) is 16.3 Å². The van der Waals surface area contributed by atoms with E-state index in [9.17, 15) is 8.78 Å². The Hall–Kier alpha value is -0.845. The van der Waals surface area contributed by atoms with Crippen LogP contribution in [0.15, 0.2) is 24.3 Å². The van der Waals surface area contributed by atoms with Gasteiger partial charge in [-0.1, -0.05) is 26.0 Å². The van der Waals surface area contributed by atoms with Crippen LogP contribution in [-0.2, 0) is 9.31 Å². The molecule has 1 aromatic rings. The summed E-state index contributed by atoms with van der Waals surface area (Å²) < 4.78 is 40.3. The number of alkyl halides is 3. The molecule has 2 rings (SSSR count). The molecule has 104 valence electrons. The Labute approximate surface area is 115 Å². The van der Waals surface area contributed by atoms with Crippen LogP contribution in [0.25, 0.3) is 0 Å². The zero-order chi connectivity index (χ0) is 14.1. The first-order valence-electron chi connectivity index (χ1n) is 5.84. The SMILES string of the molecule is CC1(C)COB(c2ccc(OC(F)(F)Cl)cc2)OC1. The van der Waals surface area contributed by atoms with Crippen molar-refractivity contribution in [3.63, 3.8) is 0 Å². The third-order valence-electron chi connectivity index (χ3n) is 2.64. The van der Waals surface area contributed by atoms with E-state index in [4.69, 9.17) is 9.31 Å². The third kappa shape index (κ3) is 4.33. The van der Waals surface area contributed by atoms with Crippen LogP contribution in [0.4, 0.5) is 8.78 Å². The Balaban J connectivity index is 1.99. The first-order chi connectivity index (χ1) is 8.75. The number of ether oxygens (including phenoxy) is 1. The van der Waals surface area contributed by atoms with Crippen LogP contribution in [0.5, 0.6) is 5.75 Å². The van der Waals surface area contributed by atoms with Crippen molar-refractivity contribution in [2.45, 2.75) is 19.4 Å². The molecule has 7 heteroatoms. The fraction of sp³-hybridized carbons (Fsp3) is 0.500. The molecule has 19 heavy (non-hydrogen) atoms. The quantitative estimate of drug-likeness (QED) is 0.633. The lowest BCUT2D eigenvalue weighted by atomic mass is 9.76. The Morgan fingerprint density at radius 3 is 2.21 bits per heavy atom. The number of halogens is 3. The fourth-order valence-electron chi connectivity index (χ4n) is 1.71. The highest BCUT2D eigenvalue weighted by molar-refractivity contribution is 6.61. The molecule has 0 aromatic heterocycles. The number of hydrogen-bond donors (Lipinski definition) is 0. The van der Waals surface area contributed by atoms with Gasteiger partial charge in [-0.3, -0.25) is 0 Å². The van der Waals surface area contributed by atoms with Crippen LogP contribution >= 0.6 is 11.6 Å². The molecule has 0 aliphatic carbocycles. The summed E-state index contributed by atoms with van der Waals surface area (Å²) in [5, 5.41) is 0. The maximum Gasteiger partial charge on any atom is 0.493 e. The molecule has 0 saturated carbocycles. The monoisotopic (exact) mass is 290 g/mol. The molecule has 3 nitrogen and oxygen atoms in total. The van der Waals surface area contributed by atoms with Gasteiger partial charge in [-0.05, 0) is 17.6 Å². The molecule has 0 unspecified atom stereocenters. The zero-order valence-corrected chi connectivity index (χ0v) is 11.4. The predicted molar refractivity (Wildman–Crippen MR) is 68.9 cm³/mol. The smallest absolute Gasteiger partial charge is 0.420 e. The molecular formula is C12H14BClF2O3. The van der Waals surface area contributed by atoms with Crippen molar-refractivity contribution in [3.8, 4) is 5.75 Å². The second-order valence-corrected chi connectivity index (χ2v) is 5.68. The molecule has 1 aliphatic rings. The van der Waals surface area contributed by atoms with Crippen molar-refractivity contribution in [2.24, 2.45) is 5.41 Å². The first-order valence-corrected chi connectivity index (χ1v) is 6.22. The molecule has 0 atom stereocenters. The summed E-state index contributed by atoms with van der Waals surface area (Å²) in [5.74, 6) is -0.0140. The molecule has 0 amide bonds. The van der Waals surface area contributed by atoms with E-state index in [0.29, 0.717) is 13.2 Å². The largest absolute Gasteiger partial charge is 0.493 e. The van der Waals surface area contributed by atoms with Gasteiger partial charge in [0.25, 0.3) is 0 Å². The van der Waals surface area contributed by atoms with Crippen molar-refractivity contribution in [2.75, 3.05) is 13.2 Å². The Bertz CT molecular complexity index is 424. The van der Waals surface area contributed by atoms with Crippen LogP contribution in [0.2, 0.25) is 0 Å². The molecule has 1 saturated heterocycles. The van der Waals surface area contributed by atoms with Crippen LogP contribution in [-0.4, -0.2) is 25.9 Å².